The van der Waals surface area contributed by atoms with Crippen LogP contribution in [0.2, 0.25) is 10.0 Å². The maximum absolute atomic E-state index is 12.1. The lowest BCUT2D eigenvalue weighted by atomic mass is 10.3. The predicted octanol–water partition coefficient (Wildman–Crippen LogP) is 1.99. The first-order valence-electron chi connectivity index (χ1n) is 6.74. The first kappa shape index (κ1) is 17.0. The summed E-state index contributed by atoms with van der Waals surface area (Å²) in [6.45, 7) is 4.54. The van der Waals surface area contributed by atoms with Crippen molar-refractivity contribution in [3.8, 4) is 0 Å². The van der Waals surface area contributed by atoms with E-state index in [4.69, 9.17) is 27.9 Å². The molecule has 1 N–H and O–H groups in total. The summed E-state index contributed by atoms with van der Waals surface area (Å²) in [6, 6.07) is 4.28. The molecular formula is C13H18Cl2N2O3S. The predicted molar refractivity (Wildman–Crippen MR) is 83.5 cm³/mol. The van der Waals surface area contributed by atoms with Gasteiger partial charge in [-0.3, -0.25) is 4.90 Å². The molecule has 1 aromatic rings. The van der Waals surface area contributed by atoms with Gasteiger partial charge in [0.25, 0.3) is 0 Å². The van der Waals surface area contributed by atoms with Gasteiger partial charge < -0.3 is 4.74 Å². The highest BCUT2D eigenvalue weighted by Gasteiger charge is 2.15. The van der Waals surface area contributed by atoms with Gasteiger partial charge in [-0.15, -0.1) is 0 Å². The minimum absolute atomic E-state index is 0.128. The number of hydrogen-bond acceptors (Lipinski definition) is 4. The van der Waals surface area contributed by atoms with Crippen LogP contribution in [0.5, 0.6) is 0 Å². The van der Waals surface area contributed by atoms with Gasteiger partial charge in [0.2, 0.25) is 10.0 Å². The molecule has 1 aliphatic heterocycles. The van der Waals surface area contributed by atoms with E-state index in [2.05, 4.69) is 9.62 Å². The standard InChI is InChI=1S/C13H18Cl2N2O3S/c14-12-3-2-11(10-13(12)15)21(18,19)16-4-1-5-17-6-8-20-9-7-17/h2-3,10,16H,1,4-9H2. The molecule has 5 nitrogen and oxygen atoms in total. The molecule has 8 heteroatoms. The molecule has 0 aromatic heterocycles. The third kappa shape index (κ3) is 5.09. The SMILES string of the molecule is O=S(=O)(NCCCN1CCOCC1)c1ccc(Cl)c(Cl)c1. The first-order chi connectivity index (χ1) is 9.99. The van der Waals surface area contributed by atoms with E-state index in [-0.39, 0.29) is 9.92 Å². The van der Waals surface area contributed by atoms with Gasteiger partial charge in [-0.1, -0.05) is 23.2 Å². The van der Waals surface area contributed by atoms with Crippen LogP contribution in [0, 0.1) is 0 Å². The minimum atomic E-state index is -3.54. The van der Waals surface area contributed by atoms with Gasteiger partial charge in [-0.25, -0.2) is 13.1 Å². The normalized spacial score (nSPS) is 17.0. The molecule has 1 aliphatic rings. The molecule has 0 bridgehead atoms. The third-order valence-corrected chi connectivity index (χ3v) is 5.45. The Labute approximate surface area is 135 Å². The number of rotatable bonds is 6. The van der Waals surface area contributed by atoms with Gasteiger partial charge in [0, 0.05) is 19.6 Å². The Bertz CT molecular complexity index is 575. The molecular weight excluding hydrogens is 335 g/mol. The van der Waals surface area contributed by atoms with Crippen LogP contribution in [0.3, 0.4) is 0 Å². The lowest BCUT2D eigenvalue weighted by Crippen LogP contribution is -2.38. The molecule has 21 heavy (non-hydrogen) atoms. The molecule has 1 fully saturated rings. The highest BCUT2D eigenvalue weighted by molar-refractivity contribution is 7.89. The van der Waals surface area contributed by atoms with Crippen molar-refractivity contribution in [3.63, 3.8) is 0 Å². The average molecular weight is 353 g/mol. The molecule has 1 heterocycles. The van der Waals surface area contributed by atoms with Gasteiger partial charge in [-0.05, 0) is 31.2 Å². The zero-order valence-corrected chi connectivity index (χ0v) is 13.8. The van der Waals surface area contributed by atoms with E-state index in [1.165, 1.54) is 18.2 Å². The summed E-state index contributed by atoms with van der Waals surface area (Å²) >= 11 is 11.6. The minimum Gasteiger partial charge on any atom is -0.379 e. The second-order valence-electron chi connectivity index (χ2n) is 4.78. The highest BCUT2D eigenvalue weighted by Crippen LogP contribution is 2.24. The molecule has 0 saturated carbocycles. The lowest BCUT2D eigenvalue weighted by Gasteiger charge is -2.26. The second-order valence-corrected chi connectivity index (χ2v) is 7.36. The molecule has 1 aromatic carbocycles. The molecule has 2 rings (SSSR count). The fourth-order valence-electron chi connectivity index (χ4n) is 2.06. The third-order valence-electron chi connectivity index (χ3n) is 3.25. The number of ether oxygens (including phenoxy) is 1. The van der Waals surface area contributed by atoms with Gasteiger partial charge in [-0.2, -0.15) is 0 Å². The number of morpholine rings is 1. The maximum atomic E-state index is 12.1. The number of hydrogen-bond donors (Lipinski definition) is 1. The largest absolute Gasteiger partial charge is 0.379 e. The van der Waals surface area contributed by atoms with Crippen molar-refractivity contribution in [1.82, 2.24) is 9.62 Å². The van der Waals surface area contributed by atoms with Crippen LogP contribution in [0.15, 0.2) is 23.1 Å². The van der Waals surface area contributed by atoms with E-state index in [0.717, 1.165) is 39.3 Å². The van der Waals surface area contributed by atoms with Crippen molar-refractivity contribution in [2.24, 2.45) is 0 Å². The summed E-state index contributed by atoms with van der Waals surface area (Å²) in [7, 11) is -3.54. The number of nitrogens with zero attached hydrogens (tertiary/aromatic N) is 1. The van der Waals surface area contributed by atoms with Gasteiger partial charge in [0.05, 0.1) is 28.2 Å². The van der Waals surface area contributed by atoms with E-state index >= 15 is 0 Å². The molecule has 0 unspecified atom stereocenters. The highest BCUT2D eigenvalue weighted by atomic mass is 35.5. The Kier molecular flexibility index (Phi) is 6.28. The van der Waals surface area contributed by atoms with Crippen LogP contribution in [0.4, 0.5) is 0 Å². The van der Waals surface area contributed by atoms with Gasteiger partial charge in [0.1, 0.15) is 0 Å². The van der Waals surface area contributed by atoms with Crippen LogP contribution in [-0.4, -0.2) is 52.7 Å². The first-order valence-corrected chi connectivity index (χ1v) is 8.98. The zero-order valence-electron chi connectivity index (χ0n) is 11.5. The fraction of sp³-hybridized carbons (Fsp3) is 0.538. The molecule has 118 valence electrons. The number of halogens is 2. The van der Waals surface area contributed by atoms with Gasteiger partial charge in [0.15, 0.2) is 0 Å². The molecule has 0 radical (unpaired) electrons. The van der Waals surface area contributed by atoms with Crippen molar-refractivity contribution >= 4 is 33.2 Å². The summed E-state index contributed by atoms with van der Waals surface area (Å²) < 4.78 is 32.0. The fourth-order valence-corrected chi connectivity index (χ4v) is 3.52. The van der Waals surface area contributed by atoms with Crippen molar-refractivity contribution < 1.29 is 13.2 Å². The van der Waals surface area contributed by atoms with E-state index in [1.54, 1.807) is 0 Å². The van der Waals surface area contributed by atoms with Crippen molar-refractivity contribution in [3.05, 3.63) is 28.2 Å². The maximum Gasteiger partial charge on any atom is 0.240 e. The molecule has 0 atom stereocenters. The summed E-state index contributed by atoms with van der Waals surface area (Å²) in [4.78, 5) is 2.39. The second kappa shape index (κ2) is 7.76. The van der Waals surface area contributed by atoms with E-state index in [9.17, 15) is 8.42 Å². The zero-order chi connectivity index (χ0) is 15.3. The Morgan fingerprint density at radius 2 is 1.90 bits per heavy atom. The molecule has 0 amide bonds. The molecule has 0 spiro atoms. The lowest BCUT2D eigenvalue weighted by molar-refractivity contribution is 0.0376. The summed E-state index contributed by atoms with van der Waals surface area (Å²) in [6.07, 6.45) is 0.751. The van der Waals surface area contributed by atoms with Crippen LogP contribution in [0.25, 0.3) is 0 Å². The van der Waals surface area contributed by atoms with E-state index < -0.39 is 10.0 Å². The smallest absolute Gasteiger partial charge is 0.240 e. The van der Waals surface area contributed by atoms with Crippen LogP contribution in [-0.2, 0) is 14.8 Å². The van der Waals surface area contributed by atoms with Crippen LogP contribution in [0.1, 0.15) is 6.42 Å². The van der Waals surface area contributed by atoms with Crippen LogP contribution < -0.4 is 4.72 Å². The molecule has 0 aliphatic carbocycles. The van der Waals surface area contributed by atoms with Crippen molar-refractivity contribution in [1.29, 1.82) is 0 Å². The quantitative estimate of drug-likeness (QED) is 0.795. The van der Waals surface area contributed by atoms with E-state index in [0.29, 0.717) is 11.6 Å². The molecule has 1 saturated heterocycles. The monoisotopic (exact) mass is 352 g/mol. The summed E-state index contributed by atoms with van der Waals surface area (Å²) in [5, 5.41) is 0.566. The average Bonchev–Trinajstić information content (AvgIpc) is 2.47. The topological polar surface area (TPSA) is 58.6 Å². The number of benzene rings is 1. The Balaban J connectivity index is 1.82. The Hall–Kier alpha value is -0.370. The van der Waals surface area contributed by atoms with Gasteiger partial charge >= 0.3 is 0 Å². The summed E-state index contributed by atoms with van der Waals surface area (Å²) in [5.74, 6) is 0. The summed E-state index contributed by atoms with van der Waals surface area (Å²) in [5.41, 5.74) is 0. The van der Waals surface area contributed by atoms with Crippen molar-refractivity contribution in [2.75, 3.05) is 39.4 Å². The van der Waals surface area contributed by atoms with Crippen LogP contribution >= 0.6 is 23.2 Å². The Morgan fingerprint density at radius 1 is 1.19 bits per heavy atom. The van der Waals surface area contributed by atoms with Crippen molar-refractivity contribution in [2.45, 2.75) is 11.3 Å². The number of sulfonamides is 1. The number of nitrogens with one attached hydrogen (secondary N) is 1. The van der Waals surface area contributed by atoms with E-state index in [1.807, 2.05) is 0 Å². The Morgan fingerprint density at radius 3 is 2.57 bits per heavy atom.